The summed E-state index contributed by atoms with van der Waals surface area (Å²) in [6, 6.07) is 1.23. The number of carbonyl (C=O) groups is 1. The number of ether oxygens (including phenoxy) is 1. The van der Waals surface area contributed by atoms with E-state index in [0.29, 0.717) is 6.61 Å². The molecule has 0 heterocycles. The lowest BCUT2D eigenvalue weighted by atomic mass is 9.97. The molecule has 0 amide bonds. The van der Waals surface area contributed by atoms with Gasteiger partial charge in [-0.3, -0.25) is 4.79 Å². The lowest BCUT2D eigenvalue weighted by Crippen LogP contribution is -2.23. The molecule has 0 saturated heterocycles. The molecule has 0 bridgehead atoms. The van der Waals surface area contributed by atoms with E-state index in [1.807, 2.05) is 20.8 Å². The molecule has 0 saturated carbocycles. The van der Waals surface area contributed by atoms with E-state index in [4.69, 9.17) is 4.74 Å². The van der Waals surface area contributed by atoms with Crippen molar-refractivity contribution in [3.8, 4) is 0 Å². The molecule has 0 aromatic rings. The van der Waals surface area contributed by atoms with Crippen LogP contribution in [-0.4, -0.2) is 20.7 Å². The van der Waals surface area contributed by atoms with Crippen LogP contribution in [0.25, 0.3) is 0 Å². The minimum absolute atomic E-state index is 0.108. The second-order valence-electron chi connectivity index (χ2n) is 6.76. The molecule has 0 aliphatic carbocycles. The Morgan fingerprint density at radius 1 is 1.18 bits per heavy atom. The van der Waals surface area contributed by atoms with Crippen molar-refractivity contribution in [2.24, 2.45) is 5.41 Å². The summed E-state index contributed by atoms with van der Waals surface area (Å²) in [4.78, 5) is 11.5. The molecule has 0 unspecified atom stereocenters. The zero-order valence-corrected chi connectivity index (χ0v) is 13.3. The Kier molecular flexibility index (Phi) is 6.76. The molecule has 0 rings (SSSR count). The summed E-state index contributed by atoms with van der Waals surface area (Å²) in [6.07, 6.45) is 6.41. The molecule has 0 radical (unpaired) electrons. The van der Waals surface area contributed by atoms with Gasteiger partial charge in [-0.1, -0.05) is 31.8 Å². The van der Waals surface area contributed by atoms with Gasteiger partial charge in [0, 0.05) is 8.07 Å². The predicted octanol–water partition coefficient (Wildman–Crippen LogP) is 4.25. The van der Waals surface area contributed by atoms with Crippen molar-refractivity contribution in [2.45, 2.75) is 59.3 Å². The van der Waals surface area contributed by atoms with Gasteiger partial charge in [-0.05, 0) is 39.7 Å². The van der Waals surface area contributed by atoms with Crippen molar-refractivity contribution in [3.05, 3.63) is 12.2 Å². The summed E-state index contributed by atoms with van der Waals surface area (Å²) in [5.74, 6) is -0.108. The third kappa shape index (κ3) is 10.3. The second kappa shape index (κ2) is 6.99. The molecule has 0 fully saturated rings. The molecule has 0 aliphatic heterocycles. The van der Waals surface area contributed by atoms with Gasteiger partial charge in [-0.15, -0.1) is 0 Å². The number of allylic oxidation sites excluding steroid dienone is 2. The Bertz CT molecular complexity index is 256. The van der Waals surface area contributed by atoms with Crippen LogP contribution in [0.1, 0.15) is 33.6 Å². The first-order chi connectivity index (χ1) is 7.63. The van der Waals surface area contributed by atoms with Crippen molar-refractivity contribution < 1.29 is 9.53 Å². The van der Waals surface area contributed by atoms with Crippen molar-refractivity contribution in [1.29, 1.82) is 0 Å². The third-order valence-corrected chi connectivity index (χ3v) is 3.72. The average molecular weight is 256 g/mol. The van der Waals surface area contributed by atoms with E-state index < -0.39 is 8.07 Å². The van der Waals surface area contributed by atoms with E-state index in [1.54, 1.807) is 0 Å². The maximum Gasteiger partial charge on any atom is 0.311 e. The van der Waals surface area contributed by atoms with Gasteiger partial charge in [0.1, 0.15) is 0 Å². The average Bonchev–Trinajstić information content (AvgIpc) is 2.12. The zero-order valence-electron chi connectivity index (χ0n) is 12.3. The first-order valence-electron chi connectivity index (χ1n) is 6.45. The molecule has 17 heavy (non-hydrogen) atoms. The highest BCUT2D eigenvalue weighted by atomic mass is 28.3. The monoisotopic (exact) mass is 256 g/mol. The zero-order chi connectivity index (χ0) is 13.5. The van der Waals surface area contributed by atoms with Crippen LogP contribution >= 0.6 is 0 Å². The fourth-order valence-corrected chi connectivity index (χ4v) is 2.01. The molecule has 0 atom stereocenters. The van der Waals surface area contributed by atoms with Gasteiger partial charge in [0.25, 0.3) is 0 Å². The van der Waals surface area contributed by atoms with E-state index in [2.05, 4.69) is 31.8 Å². The van der Waals surface area contributed by atoms with Crippen molar-refractivity contribution in [2.75, 3.05) is 6.61 Å². The molecule has 100 valence electrons. The van der Waals surface area contributed by atoms with Crippen LogP contribution in [0, 0.1) is 5.41 Å². The minimum Gasteiger partial charge on any atom is -0.465 e. The van der Waals surface area contributed by atoms with E-state index in [1.165, 1.54) is 6.04 Å². The fourth-order valence-electron chi connectivity index (χ4n) is 1.14. The largest absolute Gasteiger partial charge is 0.465 e. The van der Waals surface area contributed by atoms with Crippen LogP contribution in [0.3, 0.4) is 0 Å². The van der Waals surface area contributed by atoms with Crippen molar-refractivity contribution in [3.63, 3.8) is 0 Å². The standard InChI is InChI=1S/C14H28O2Si/c1-14(2,3)13(15)16-11-9-7-8-10-12-17(4,5)6/h8,10H,7,9,11-12H2,1-6H3/b10-8+. The molecule has 0 spiro atoms. The topological polar surface area (TPSA) is 26.3 Å². The van der Waals surface area contributed by atoms with Crippen LogP contribution in [-0.2, 0) is 9.53 Å². The Morgan fingerprint density at radius 3 is 2.24 bits per heavy atom. The predicted molar refractivity (Wildman–Crippen MR) is 76.9 cm³/mol. The minimum atomic E-state index is -0.941. The van der Waals surface area contributed by atoms with E-state index >= 15 is 0 Å². The Labute approximate surface area is 107 Å². The smallest absolute Gasteiger partial charge is 0.311 e. The summed E-state index contributed by atoms with van der Waals surface area (Å²) in [5, 5.41) is 0. The molecule has 0 aromatic carbocycles. The number of carbonyl (C=O) groups excluding carboxylic acids is 1. The second-order valence-corrected chi connectivity index (χ2v) is 12.3. The summed E-state index contributed by atoms with van der Waals surface area (Å²) >= 11 is 0. The maximum absolute atomic E-state index is 11.5. The lowest BCUT2D eigenvalue weighted by Gasteiger charge is -2.16. The van der Waals surface area contributed by atoms with Gasteiger partial charge < -0.3 is 4.74 Å². The number of unbranched alkanes of at least 4 members (excludes halogenated alkanes) is 1. The third-order valence-electron chi connectivity index (χ3n) is 2.26. The Morgan fingerprint density at radius 2 is 1.76 bits per heavy atom. The van der Waals surface area contributed by atoms with Crippen molar-refractivity contribution in [1.82, 2.24) is 0 Å². The number of hydrogen-bond acceptors (Lipinski definition) is 2. The van der Waals surface area contributed by atoms with E-state index in [0.717, 1.165) is 12.8 Å². The Hall–Kier alpha value is -0.573. The summed E-state index contributed by atoms with van der Waals surface area (Å²) in [5.41, 5.74) is -0.381. The highest BCUT2D eigenvalue weighted by molar-refractivity contribution is 6.76. The van der Waals surface area contributed by atoms with Crippen LogP contribution in [0.4, 0.5) is 0 Å². The lowest BCUT2D eigenvalue weighted by molar-refractivity contribution is -0.152. The van der Waals surface area contributed by atoms with Crippen LogP contribution < -0.4 is 0 Å². The maximum atomic E-state index is 11.5. The SMILES string of the molecule is CC(C)(C)C(=O)OCCC/C=C/C[Si](C)(C)C. The molecule has 3 heteroatoms. The molecular weight excluding hydrogens is 228 g/mol. The van der Waals surface area contributed by atoms with E-state index in [-0.39, 0.29) is 11.4 Å². The number of hydrogen-bond donors (Lipinski definition) is 0. The summed E-state index contributed by atoms with van der Waals surface area (Å²) in [7, 11) is -0.941. The molecule has 0 N–H and O–H groups in total. The molecule has 0 aromatic heterocycles. The normalized spacial score (nSPS) is 13.1. The number of rotatable bonds is 6. The molecular formula is C14H28O2Si. The van der Waals surface area contributed by atoms with Crippen LogP contribution in [0.5, 0.6) is 0 Å². The van der Waals surface area contributed by atoms with Gasteiger partial charge in [-0.25, -0.2) is 0 Å². The van der Waals surface area contributed by atoms with Gasteiger partial charge in [-0.2, -0.15) is 0 Å². The summed E-state index contributed by atoms with van der Waals surface area (Å²) in [6.45, 7) is 13.3. The Balaban J connectivity index is 3.57. The summed E-state index contributed by atoms with van der Waals surface area (Å²) < 4.78 is 5.19. The van der Waals surface area contributed by atoms with E-state index in [9.17, 15) is 4.79 Å². The highest BCUT2D eigenvalue weighted by Gasteiger charge is 2.22. The van der Waals surface area contributed by atoms with Crippen LogP contribution in [0.2, 0.25) is 25.7 Å². The molecule has 2 nitrogen and oxygen atoms in total. The first-order valence-corrected chi connectivity index (χ1v) is 10.2. The highest BCUT2D eigenvalue weighted by Crippen LogP contribution is 2.15. The first kappa shape index (κ1) is 16.4. The van der Waals surface area contributed by atoms with Gasteiger partial charge in [0.05, 0.1) is 12.0 Å². The van der Waals surface area contributed by atoms with Gasteiger partial charge in [0.15, 0.2) is 0 Å². The van der Waals surface area contributed by atoms with Gasteiger partial charge in [0.2, 0.25) is 0 Å². The van der Waals surface area contributed by atoms with Gasteiger partial charge >= 0.3 is 5.97 Å². The van der Waals surface area contributed by atoms with Crippen LogP contribution in [0.15, 0.2) is 12.2 Å². The molecule has 0 aliphatic rings. The fraction of sp³-hybridized carbons (Fsp3) is 0.786. The van der Waals surface area contributed by atoms with Crippen molar-refractivity contribution >= 4 is 14.0 Å². The quantitative estimate of drug-likeness (QED) is 0.307. The number of esters is 1.